The molecule has 0 radical (unpaired) electrons. The van der Waals surface area contributed by atoms with Gasteiger partial charge in [0.15, 0.2) is 0 Å². The summed E-state index contributed by atoms with van der Waals surface area (Å²) in [5.74, 6) is -1.52. The largest absolute Gasteiger partial charge is 0.394 e. The van der Waals surface area contributed by atoms with Gasteiger partial charge in [0.05, 0.1) is 26.4 Å². The molecule has 0 aromatic heterocycles. The predicted octanol–water partition coefficient (Wildman–Crippen LogP) is -0.679. The number of allylic oxidation sites excluding steroid dienone is 2. The summed E-state index contributed by atoms with van der Waals surface area (Å²) < 4.78 is 10.6. The van der Waals surface area contributed by atoms with Gasteiger partial charge < -0.3 is 25.8 Å². The standard InChI is InChI=1S/C17H25N3O6/c1-10-13(4-6-25-8-9-26-7-5-19-11(2)21)17(24)14(18)15(16(10)23)20-12(3)22/h4-9,18H2,1-3H3,(H,19,21)(H,20,22). The highest BCUT2D eigenvalue weighted by molar-refractivity contribution is 6.25. The molecule has 2 amide bonds. The predicted molar refractivity (Wildman–Crippen MR) is 92.7 cm³/mol. The average molecular weight is 367 g/mol. The Kier molecular flexibility index (Phi) is 8.66. The molecular weight excluding hydrogens is 342 g/mol. The minimum atomic E-state index is -0.471. The Labute approximate surface area is 152 Å². The molecular formula is C17H25N3O6. The smallest absolute Gasteiger partial charge is 0.221 e. The Hall–Kier alpha value is -2.52. The van der Waals surface area contributed by atoms with Crippen molar-refractivity contribution in [3.8, 4) is 0 Å². The summed E-state index contributed by atoms with van der Waals surface area (Å²) in [7, 11) is 0. The van der Waals surface area contributed by atoms with Crippen molar-refractivity contribution >= 4 is 23.4 Å². The van der Waals surface area contributed by atoms with Gasteiger partial charge >= 0.3 is 0 Å². The minimum absolute atomic E-state index is 0.116. The quantitative estimate of drug-likeness (QED) is 0.344. The van der Waals surface area contributed by atoms with Crippen LogP contribution in [-0.4, -0.2) is 56.4 Å². The summed E-state index contributed by atoms with van der Waals surface area (Å²) in [6.07, 6.45) is 0.232. The normalized spacial score (nSPS) is 14.7. The van der Waals surface area contributed by atoms with Crippen LogP contribution >= 0.6 is 0 Å². The van der Waals surface area contributed by atoms with Crippen LogP contribution in [0.4, 0.5) is 0 Å². The molecule has 26 heavy (non-hydrogen) atoms. The molecule has 1 aliphatic carbocycles. The molecule has 0 spiro atoms. The van der Waals surface area contributed by atoms with Gasteiger partial charge in [-0.2, -0.15) is 0 Å². The molecule has 0 aliphatic heterocycles. The van der Waals surface area contributed by atoms with Crippen molar-refractivity contribution in [1.29, 1.82) is 0 Å². The van der Waals surface area contributed by atoms with Gasteiger partial charge in [-0.25, -0.2) is 0 Å². The second kappa shape index (κ2) is 10.5. The number of hydrogen-bond acceptors (Lipinski definition) is 7. The first-order valence-corrected chi connectivity index (χ1v) is 8.22. The Morgan fingerprint density at radius 1 is 0.962 bits per heavy atom. The van der Waals surface area contributed by atoms with Crippen molar-refractivity contribution in [2.24, 2.45) is 5.73 Å². The lowest BCUT2D eigenvalue weighted by molar-refractivity contribution is -0.121. The van der Waals surface area contributed by atoms with E-state index in [2.05, 4.69) is 10.6 Å². The van der Waals surface area contributed by atoms with Crippen LogP contribution in [0.25, 0.3) is 0 Å². The zero-order valence-electron chi connectivity index (χ0n) is 15.3. The van der Waals surface area contributed by atoms with Crippen molar-refractivity contribution in [3.63, 3.8) is 0 Å². The summed E-state index contributed by atoms with van der Waals surface area (Å²) in [4.78, 5) is 46.4. The van der Waals surface area contributed by atoms with Crippen molar-refractivity contribution in [2.45, 2.75) is 27.2 Å². The summed E-state index contributed by atoms with van der Waals surface area (Å²) in [5.41, 5.74) is 5.81. The van der Waals surface area contributed by atoms with E-state index in [0.717, 1.165) is 0 Å². The van der Waals surface area contributed by atoms with E-state index in [1.165, 1.54) is 20.8 Å². The molecule has 0 saturated heterocycles. The van der Waals surface area contributed by atoms with Crippen LogP contribution in [0, 0.1) is 0 Å². The van der Waals surface area contributed by atoms with Gasteiger partial charge in [0.1, 0.15) is 11.4 Å². The van der Waals surface area contributed by atoms with Crippen molar-refractivity contribution in [2.75, 3.05) is 33.0 Å². The SMILES string of the molecule is CC(=O)NCCOCCOCCC1=C(C)C(=O)C(NC(C)=O)=C(N)C1=O. The van der Waals surface area contributed by atoms with E-state index in [1.807, 2.05) is 0 Å². The van der Waals surface area contributed by atoms with E-state index in [1.54, 1.807) is 0 Å². The molecule has 0 saturated carbocycles. The molecule has 0 atom stereocenters. The van der Waals surface area contributed by atoms with E-state index < -0.39 is 17.5 Å². The van der Waals surface area contributed by atoms with E-state index in [0.29, 0.717) is 26.4 Å². The van der Waals surface area contributed by atoms with Gasteiger partial charge in [-0.15, -0.1) is 0 Å². The Balaban J connectivity index is 2.40. The van der Waals surface area contributed by atoms with Crippen molar-refractivity contribution in [1.82, 2.24) is 10.6 Å². The molecule has 0 aromatic rings. The van der Waals surface area contributed by atoms with Gasteiger partial charge in [0, 0.05) is 38.0 Å². The molecule has 0 heterocycles. The number of rotatable bonds is 10. The molecule has 0 unspecified atom stereocenters. The van der Waals surface area contributed by atoms with Crippen LogP contribution in [0.3, 0.4) is 0 Å². The monoisotopic (exact) mass is 367 g/mol. The lowest BCUT2D eigenvalue weighted by Gasteiger charge is -2.20. The zero-order valence-corrected chi connectivity index (χ0v) is 15.3. The third-order valence-electron chi connectivity index (χ3n) is 3.60. The fourth-order valence-corrected chi connectivity index (χ4v) is 2.29. The van der Waals surface area contributed by atoms with Crippen LogP contribution in [0.5, 0.6) is 0 Å². The molecule has 0 aromatic carbocycles. The topological polar surface area (TPSA) is 137 Å². The maximum absolute atomic E-state index is 12.3. The molecule has 1 rings (SSSR count). The average Bonchev–Trinajstić information content (AvgIpc) is 2.57. The Morgan fingerprint density at radius 3 is 2.15 bits per heavy atom. The first-order valence-electron chi connectivity index (χ1n) is 8.22. The summed E-state index contributed by atoms with van der Waals surface area (Å²) >= 11 is 0. The third kappa shape index (κ3) is 6.41. The molecule has 144 valence electrons. The third-order valence-corrected chi connectivity index (χ3v) is 3.60. The first-order chi connectivity index (χ1) is 12.3. The lowest BCUT2D eigenvalue weighted by atomic mass is 9.89. The van der Waals surface area contributed by atoms with Gasteiger partial charge in [0.25, 0.3) is 0 Å². The molecule has 0 bridgehead atoms. The molecule has 9 heteroatoms. The zero-order chi connectivity index (χ0) is 19.7. The van der Waals surface area contributed by atoms with Crippen LogP contribution in [0.15, 0.2) is 22.5 Å². The number of carbonyl (C=O) groups is 4. The highest BCUT2D eigenvalue weighted by Gasteiger charge is 2.31. The number of nitrogens with two attached hydrogens (primary N) is 1. The lowest BCUT2D eigenvalue weighted by Crippen LogP contribution is -2.36. The van der Waals surface area contributed by atoms with Crippen LogP contribution in [0.1, 0.15) is 27.2 Å². The fourth-order valence-electron chi connectivity index (χ4n) is 2.29. The van der Waals surface area contributed by atoms with Crippen molar-refractivity contribution in [3.05, 3.63) is 22.5 Å². The Bertz CT molecular complexity index is 651. The van der Waals surface area contributed by atoms with E-state index in [-0.39, 0.29) is 41.5 Å². The van der Waals surface area contributed by atoms with Crippen LogP contribution in [0.2, 0.25) is 0 Å². The number of amides is 2. The molecule has 9 nitrogen and oxygen atoms in total. The second-order valence-electron chi connectivity index (χ2n) is 5.69. The van der Waals surface area contributed by atoms with E-state index >= 15 is 0 Å². The number of hydrogen-bond donors (Lipinski definition) is 3. The summed E-state index contributed by atoms with van der Waals surface area (Å²) in [6, 6.07) is 0. The Morgan fingerprint density at radius 2 is 1.58 bits per heavy atom. The summed E-state index contributed by atoms with van der Waals surface area (Å²) in [5, 5.41) is 4.91. The van der Waals surface area contributed by atoms with Gasteiger partial charge in [-0.1, -0.05) is 0 Å². The fraction of sp³-hybridized carbons (Fsp3) is 0.529. The molecule has 4 N–H and O–H groups in total. The van der Waals surface area contributed by atoms with E-state index in [4.69, 9.17) is 15.2 Å². The number of nitrogens with one attached hydrogen (secondary N) is 2. The number of ether oxygens (including phenoxy) is 2. The van der Waals surface area contributed by atoms with Crippen molar-refractivity contribution < 1.29 is 28.7 Å². The summed E-state index contributed by atoms with van der Waals surface area (Å²) in [6.45, 7) is 5.89. The van der Waals surface area contributed by atoms with E-state index in [9.17, 15) is 19.2 Å². The van der Waals surface area contributed by atoms with Gasteiger partial charge in [-0.05, 0) is 6.92 Å². The number of Topliss-reactive ketones (excluding diaryl/α,β-unsaturated/α-hetero) is 2. The maximum atomic E-state index is 12.3. The van der Waals surface area contributed by atoms with Crippen LogP contribution in [-0.2, 0) is 28.7 Å². The highest BCUT2D eigenvalue weighted by Crippen LogP contribution is 2.23. The first kappa shape index (κ1) is 21.5. The number of carbonyl (C=O) groups excluding carboxylic acids is 4. The second-order valence-corrected chi connectivity index (χ2v) is 5.69. The maximum Gasteiger partial charge on any atom is 0.221 e. The van der Waals surface area contributed by atoms with Gasteiger partial charge in [0.2, 0.25) is 23.4 Å². The highest BCUT2D eigenvalue weighted by atomic mass is 16.5. The molecule has 1 aliphatic rings. The van der Waals surface area contributed by atoms with Gasteiger partial charge in [-0.3, -0.25) is 19.2 Å². The molecule has 0 fully saturated rings. The minimum Gasteiger partial charge on any atom is -0.394 e. The number of ketones is 2. The van der Waals surface area contributed by atoms with Crippen LogP contribution < -0.4 is 16.4 Å².